The Hall–Kier alpha value is -1.84. The molecule has 0 saturated heterocycles. The molecule has 1 amide bonds. The molecule has 1 atom stereocenters. The molecule has 0 aliphatic carbocycles. The van der Waals surface area contributed by atoms with E-state index in [1.165, 1.54) is 6.92 Å². The number of hydrogen-bond acceptors (Lipinski definition) is 2. The van der Waals surface area contributed by atoms with Crippen molar-refractivity contribution in [2.75, 3.05) is 0 Å². The zero-order valence-corrected chi connectivity index (χ0v) is 9.36. The molecule has 1 rings (SSSR count). The van der Waals surface area contributed by atoms with Crippen molar-refractivity contribution in [1.29, 1.82) is 0 Å². The van der Waals surface area contributed by atoms with Gasteiger partial charge in [-0.05, 0) is 25.0 Å². The first-order valence-corrected chi connectivity index (χ1v) is 5.17. The standard InChI is InChI=1S/C12H15NO3/c1-3-9-6-4-5-7-10(9)11(14)13-8(2)12(15)16/h4-8H,3H2,1-2H3,(H,13,14)(H,15,16)/t8-/m1/s1. The van der Waals surface area contributed by atoms with E-state index in [4.69, 9.17) is 5.11 Å². The van der Waals surface area contributed by atoms with Crippen LogP contribution in [0.25, 0.3) is 0 Å². The number of aliphatic carboxylic acids is 1. The van der Waals surface area contributed by atoms with Crippen LogP contribution in [-0.4, -0.2) is 23.0 Å². The van der Waals surface area contributed by atoms with Crippen LogP contribution in [0.1, 0.15) is 29.8 Å². The highest BCUT2D eigenvalue weighted by Gasteiger charge is 2.16. The maximum absolute atomic E-state index is 11.8. The molecule has 0 spiro atoms. The largest absolute Gasteiger partial charge is 0.480 e. The highest BCUT2D eigenvalue weighted by atomic mass is 16.4. The molecule has 1 aromatic carbocycles. The third-order valence-corrected chi connectivity index (χ3v) is 2.36. The lowest BCUT2D eigenvalue weighted by molar-refractivity contribution is -0.138. The molecule has 0 bridgehead atoms. The molecule has 4 heteroatoms. The Morgan fingerprint density at radius 1 is 1.38 bits per heavy atom. The minimum atomic E-state index is -1.04. The summed E-state index contributed by atoms with van der Waals surface area (Å²) in [7, 11) is 0. The number of carbonyl (C=O) groups excluding carboxylic acids is 1. The second-order valence-corrected chi connectivity index (χ2v) is 3.54. The van der Waals surface area contributed by atoms with Gasteiger partial charge in [-0.3, -0.25) is 9.59 Å². The molecule has 16 heavy (non-hydrogen) atoms. The fraction of sp³-hybridized carbons (Fsp3) is 0.333. The van der Waals surface area contributed by atoms with Crippen LogP contribution in [0.15, 0.2) is 24.3 Å². The van der Waals surface area contributed by atoms with Crippen LogP contribution >= 0.6 is 0 Å². The first-order valence-electron chi connectivity index (χ1n) is 5.17. The third-order valence-electron chi connectivity index (χ3n) is 2.36. The van der Waals surface area contributed by atoms with Gasteiger partial charge in [-0.25, -0.2) is 0 Å². The van der Waals surface area contributed by atoms with Gasteiger partial charge in [0.1, 0.15) is 6.04 Å². The van der Waals surface area contributed by atoms with Gasteiger partial charge in [-0.15, -0.1) is 0 Å². The van der Waals surface area contributed by atoms with E-state index in [2.05, 4.69) is 5.32 Å². The fourth-order valence-electron chi connectivity index (χ4n) is 1.39. The highest BCUT2D eigenvalue weighted by Crippen LogP contribution is 2.09. The van der Waals surface area contributed by atoms with E-state index < -0.39 is 12.0 Å². The summed E-state index contributed by atoms with van der Waals surface area (Å²) >= 11 is 0. The normalized spacial score (nSPS) is 11.9. The Balaban J connectivity index is 2.84. The molecule has 86 valence electrons. The summed E-state index contributed by atoms with van der Waals surface area (Å²) in [6, 6.07) is 6.30. The van der Waals surface area contributed by atoms with Gasteiger partial charge >= 0.3 is 5.97 Å². The molecule has 0 radical (unpaired) electrons. The Morgan fingerprint density at radius 3 is 2.56 bits per heavy atom. The van der Waals surface area contributed by atoms with Crippen molar-refractivity contribution in [2.24, 2.45) is 0 Å². The maximum atomic E-state index is 11.8. The average Bonchev–Trinajstić information content (AvgIpc) is 2.28. The molecule has 0 unspecified atom stereocenters. The smallest absolute Gasteiger partial charge is 0.325 e. The van der Waals surface area contributed by atoms with E-state index in [9.17, 15) is 9.59 Å². The zero-order valence-electron chi connectivity index (χ0n) is 9.36. The van der Waals surface area contributed by atoms with Gasteiger partial charge in [0.25, 0.3) is 5.91 Å². The van der Waals surface area contributed by atoms with Gasteiger partial charge in [-0.2, -0.15) is 0 Å². The number of amides is 1. The van der Waals surface area contributed by atoms with Gasteiger partial charge in [0.2, 0.25) is 0 Å². The minimum Gasteiger partial charge on any atom is -0.480 e. The SMILES string of the molecule is CCc1ccccc1C(=O)N[C@H](C)C(=O)O. The van der Waals surface area contributed by atoms with Gasteiger partial charge in [0.05, 0.1) is 0 Å². The predicted octanol–water partition coefficient (Wildman–Crippen LogP) is 1.45. The van der Waals surface area contributed by atoms with Crippen LogP contribution in [0.2, 0.25) is 0 Å². The number of carbonyl (C=O) groups is 2. The number of benzene rings is 1. The second-order valence-electron chi connectivity index (χ2n) is 3.54. The highest BCUT2D eigenvalue weighted by molar-refractivity contribution is 5.97. The summed E-state index contributed by atoms with van der Waals surface area (Å²) in [6.45, 7) is 3.39. The van der Waals surface area contributed by atoms with Crippen LogP contribution < -0.4 is 5.32 Å². The number of carboxylic acids is 1. The molecule has 0 aliphatic heterocycles. The first kappa shape index (κ1) is 12.2. The van der Waals surface area contributed by atoms with Crippen molar-refractivity contribution in [3.8, 4) is 0 Å². The quantitative estimate of drug-likeness (QED) is 0.808. The van der Waals surface area contributed by atoms with Crippen LogP contribution in [0.3, 0.4) is 0 Å². The lowest BCUT2D eigenvalue weighted by Gasteiger charge is -2.11. The molecule has 0 aromatic heterocycles. The molecule has 0 fully saturated rings. The Morgan fingerprint density at radius 2 is 2.00 bits per heavy atom. The number of aryl methyl sites for hydroxylation is 1. The van der Waals surface area contributed by atoms with E-state index in [1.54, 1.807) is 12.1 Å². The number of carboxylic acid groups (broad SMARTS) is 1. The van der Waals surface area contributed by atoms with E-state index in [0.717, 1.165) is 12.0 Å². The summed E-state index contributed by atoms with van der Waals surface area (Å²) in [5.74, 6) is -1.38. The second kappa shape index (κ2) is 5.30. The molecule has 1 aromatic rings. The molecular weight excluding hydrogens is 206 g/mol. The number of rotatable bonds is 4. The summed E-state index contributed by atoms with van der Waals surface area (Å²) < 4.78 is 0. The molecule has 0 aliphatic rings. The van der Waals surface area contributed by atoms with Crippen molar-refractivity contribution in [2.45, 2.75) is 26.3 Å². The Bertz CT molecular complexity index is 401. The maximum Gasteiger partial charge on any atom is 0.325 e. The van der Waals surface area contributed by atoms with Gasteiger partial charge in [-0.1, -0.05) is 25.1 Å². The van der Waals surface area contributed by atoms with E-state index in [1.807, 2.05) is 19.1 Å². The molecule has 0 heterocycles. The van der Waals surface area contributed by atoms with Crippen molar-refractivity contribution in [3.63, 3.8) is 0 Å². The van der Waals surface area contributed by atoms with E-state index in [0.29, 0.717) is 5.56 Å². The average molecular weight is 221 g/mol. The van der Waals surface area contributed by atoms with E-state index >= 15 is 0 Å². The van der Waals surface area contributed by atoms with Crippen LogP contribution in [0.5, 0.6) is 0 Å². The van der Waals surface area contributed by atoms with Crippen LogP contribution in [0.4, 0.5) is 0 Å². The molecule has 0 saturated carbocycles. The lowest BCUT2D eigenvalue weighted by Crippen LogP contribution is -2.38. The Kier molecular flexibility index (Phi) is 4.05. The summed E-state index contributed by atoms with van der Waals surface area (Å²) in [6.07, 6.45) is 0.741. The van der Waals surface area contributed by atoms with Crippen molar-refractivity contribution in [3.05, 3.63) is 35.4 Å². The molecule has 4 nitrogen and oxygen atoms in total. The lowest BCUT2D eigenvalue weighted by atomic mass is 10.0. The fourth-order valence-corrected chi connectivity index (χ4v) is 1.39. The summed E-state index contributed by atoms with van der Waals surface area (Å²) in [4.78, 5) is 22.4. The predicted molar refractivity (Wildman–Crippen MR) is 60.4 cm³/mol. The zero-order chi connectivity index (χ0) is 12.1. The van der Waals surface area contributed by atoms with E-state index in [-0.39, 0.29) is 5.91 Å². The van der Waals surface area contributed by atoms with Gasteiger partial charge in [0, 0.05) is 5.56 Å². The topological polar surface area (TPSA) is 66.4 Å². The Labute approximate surface area is 94.3 Å². The van der Waals surface area contributed by atoms with Gasteiger partial charge < -0.3 is 10.4 Å². The van der Waals surface area contributed by atoms with Crippen molar-refractivity contribution in [1.82, 2.24) is 5.32 Å². The third kappa shape index (κ3) is 2.82. The number of nitrogens with one attached hydrogen (secondary N) is 1. The first-order chi connectivity index (χ1) is 7.56. The van der Waals surface area contributed by atoms with Crippen molar-refractivity contribution < 1.29 is 14.7 Å². The summed E-state index contributed by atoms with van der Waals surface area (Å²) in [5.41, 5.74) is 1.45. The van der Waals surface area contributed by atoms with Crippen molar-refractivity contribution >= 4 is 11.9 Å². The molecule has 2 N–H and O–H groups in total. The van der Waals surface area contributed by atoms with Crippen LogP contribution in [0, 0.1) is 0 Å². The summed E-state index contributed by atoms with van der Waals surface area (Å²) in [5, 5.41) is 11.1. The minimum absolute atomic E-state index is 0.340. The monoisotopic (exact) mass is 221 g/mol. The van der Waals surface area contributed by atoms with Gasteiger partial charge in [0.15, 0.2) is 0 Å². The number of hydrogen-bond donors (Lipinski definition) is 2. The molecular formula is C12H15NO3. The van der Waals surface area contributed by atoms with Crippen LogP contribution in [-0.2, 0) is 11.2 Å².